The predicted molar refractivity (Wildman–Crippen MR) is 84.2 cm³/mol. The average molecular weight is 286 g/mol. The normalized spacial score (nSPS) is 14.3. The minimum absolute atomic E-state index is 0.0328. The number of carbonyl (C=O) groups excluding carboxylic acids is 1. The first-order valence-corrected chi connectivity index (χ1v) is 7.46. The quantitative estimate of drug-likeness (QED) is 0.821. The second kappa shape index (κ2) is 7.70. The van der Waals surface area contributed by atoms with Gasteiger partial charge in [-0.3, -0.25) is 0 Å². The van der Waals surface area contributed by atoms with Crippen LogP contribution in [0.1, 0.15) is 36.8 Å². The van der Waals surface area contributed by atoms with Gasteiger partial charge in [-0.25, -0.2) is 4.79 Å². The summed E-state index contributed by atoms with van der Waals surface area (Å²) >= 11 is 0. The topological polar surface area (TPSA) is 52.6 Å². The minimum Gasteiger partial charge on any atom is -0.395 e. The largest absolute Gasteiger partial charge is 0.395 e. The van der Waals surface area contributed by atoms with Crippen LogP contribution in [0.2, 0.25) is 0 Å². The van der Waals surface area contributed by atoms with E-state index < -0.39 is 0 Å². The third kappa shape index (κ3) is 4.80. The van der Waals surface area contributed by atoms with Gasteiger partial charge in [0, 0.05) is 30.8 Å². The van der Waals surface area contributed by atoms with Gasteiger partial charge in [0.1, 0.15) is 0 Å². The van der Waals surface area contributed by atoms with Crippen LogP contribution in [0.3, 0.4) is 0 Å². The Morgan fingerprint density at radius 1 is 1.29 bits per heavy atom. The summed E-state index contributed by atoms with van der Waals surface area (Å²) in [6, 6.07) is 5.76. The zero-order valence-corrected chi connectivity index (χ0v) is 12.5. The number of piperidine rings is 1. The Kier molecular flexibility index (Phi) is 5.65. The number of urea groups is 1. The molecule has 0 spiro atoms. The molecule has 1 aromatic rings. The van der Waals surface area contributed by atoms with Crippen molar-refractivity contribution in [2.75, 3.05) is 25.0 Å². The van der Waals surface area contributed by atoms with Crippen LogP contribution in [0.5, 0.6) is 0 Å². The highest BCUT2D eigenvalue weighted by Crippen LogP contribution is 2.16. The van der Waals surface area contributed by atoms with E-state index >= 15 is 0 Å². The second-order valence-corrected chi connectivity index (χ2v) is 5.34. The molecule has 0 bridgehead atoms. The van der Waals surface area contributed by atoms with Crippen molar-refractivity contribution in [2.24, 2.45) is 0 Å². The van der Waals surface area contributed by atoms with Gasteiger partial charge in [-0.05, 0) is 49.9 Å². The number of likely N-dealkylation sites (tertiary alicyclic amines) is 1. The van der Waals surface area contributed by atoms with Gasteiger partial charge in [-0.2, -0.15) is 0 Å². The fraction of sp³-hybridized carbons (Fsp3) is 0.471. The van der Waals surface area contributed by atoms with Gasteiger partial charge >= 0.3 is 6.03 Å². The molecule has 1 saturated heterocycles. The number of rotatable bonds is 2. The van der Waals surface area contributed by atoms with E-state index in [-0.39, 0.29) is 12.6 Å². The third-order valence-electron chi connectivity index (χ3n) is 3.44. The lowest BCUT2D eigenvalue weighted by molar-refractivity contribution is 0.200. The Balaban J connectivity index is 2.05. The summed E-state index contributed by atoms with van der Waals surface area (Å²) in [6.07, 6.45) is 3.83. The van der Waals surface area contributed by atoms with Crippen LogP contribution in [0, 0.1) is 18.8 Å². The summed E-state index contributed by atoms with van der Waals surface area (Å²) in [5, 5.41) is 11.7. The highest BCUT2D eigenvalue weighted by Gasteiger charge is 2.16. The summed E-state index contributed by atoms with van der Waals surface area (Å²) in [6.45, 7) is 3.72. The fourth-order valence-electron chi connectivity index (χ4n) is 2.45. The zero-order valence-electron chi connectivity index (χ0n) is 12.5. The van der Waals surface area contributed by atoms with E-state index in [2.05, 4.69) is 17.2 Å². The van der Waals surface area contributed by atoms with E-state index in [0.717, 1.165) is 42.7 Å². The molecule has 0 aliphatic carbocycles. The lowest BCUT2D eigenvalue weighted by Gasteiger charge is -2.26. The monoisotopic (exact) mass is 286 g/mol. The molecule has 2 rings (SSSR count). The van der Waals surface area contributed by atoms with Crippen LogP contribution in [-0.2, 0) is 0 Å². The highest BCUT2D eigenvalue weighted by molar-refractivity contribution is 5.89. The lowest BCUT2D eigenvalue weighted by atomic mass is 10.1. The smallest absolute Gasteiger partial charge is 0.321 e. The molecule has 4 nitrogen and oxygen atoms in total. The molecule has 0 unspecified atom stereocenters. The number of amides is 2. The van der Waals surface area contributed by atoms with Crippen molar-refractivity contribution in [1.82, 2.24) is 4.90 Å². The van der Waals surface area contributed by atoms with Gasteiger partial charge in [0.05, 0.1) is 6.61 Å². The first kappa shape index (κ1) is 15.4. The number of hydrogen-bond acceptors (Lipinski definition) is 2. The molecule has 1 aliphatic heterocycles. The maximum atomic E-state index is 12.2. The second-order valence-electron chi connectivity index (χ2n) is 5.34. The molecule has 0 saturated carbocycles. The maximum absolute atomic E-state index is 12.2. The molecule has 1 heterocycles. The van der Waals surface area contributed by atoms with Crippen molar-refractivity contribution in [3.63, 3.8) is 0 Å². The number of aryl methyl sites for hydroxylation is 1. The van der Waals surface area contributed by atoms with Gasteiger partial charge in [0.2, 0.25) is 0 Å². The molecule has 2 N–H and O–H groups in total. The number of nitrogens with one attached hydrogen (secondary N) is 1. The number of aliphatic hydroxyl groups is 1. The molecule has 0 aromatic heterocycles. The Hall–Kier alpha value is -1.99. The molecular formula is C17H22N2O2. The molecule has 4 heteroatoms. The van der Waals surface area contributed by atoms with Crippen molar-refractivity contribution in [3.8, 4) is 11.8 Å². The molecule has 1 aromatic carbocycles. The van der Waals surface area contributed by atoms with Crippen LogP contribution >= 0.6 is 0 Å². The fourth-order valence-corrected chi connectivity index (χ4v) is 2.45. The van der Waals surface area contributed by atoms with E-state index in [4.69, 9.17) is 5.11 Å². The van der Waals surface area contributed by atoms with Gasteiger partial charge < -0.3 is 15.3 Å². The summed E-state index contributed by atoms with van der Waals surface area (Å²) in [4.78, 5) is 14.1. The molecule has 112 valence electrons. The Morgan fingerprint density at radius 2 is 2.05 bits per heavy atom. The third-order valence-corrected chi connectivity index (χ3v) is 3.44. The summed E-state index contributed by atoms with van der Waals surface area (Å²) in [7, 11) is 0. The number of nitrogens with zero attached hydrogens (tertiary/aromatic N) is 1. The molecule has 1 aliphatic rings. The van der Waals surface area contributed by atoms with E-state index in [1.807, 2.05) is 30.0 Å². The minimum atomic E-state index is -0.0328. The Bertz CT molecular complexity index is 552. The molecule has 0 atom stereocenters. The van der Waals surface area contributed by atoms with E-state index in [1.54, 1.807) is 0 Å². The lowest BCUT2D eigenvalue weighted by Crippen LogP contribution is -2.38. The van der Waals surface area contributed by atoms with E-state index in [1.165, 1.54) is 6.42 Å². The van der Waals surface area contributed by atoms with Crippen molar-refractivity contribution in [3.05, 3.63) is 29.3 Å². The highest BCUT2D eigenvalue weighted by atomic mass is 16.2. The first-order chi connectivity index (χ1) is 10.2. The molecular weight excluding hydrogens is 264 g/mol. The number of carbonyl (C=O) groups is 1. The zero-order chi connectivity index (χ0) is 15.1. The van der Waals surface area contributed by atoms with Crippen molar-refractivity contribution >= 4 is 11.7 Å². The number of aliphatic hydroxyl groups excluding tert-OH is 1. The Morgan fingerprint density at radius 3 is 2.76 bits per heavy atom. The predicted octanol–water partition coefficient (Wildman–Crippen LogP) is 2.75. The van der Waals surface area contributed by atoms with Gasteiger partial charge in [0.15, 0.2) is 0 Å². The van der Waals surface area contributed by atoms with Crippen molar-refractivity contribution in [2.45, 2.75) is 32.6 Å². The van der Waals surface area contributed by atoms with Crippen LogP contribution in [0.15, 0.2) is 18.2 Å². The standard InChI is InChI=1S/C17H22N2O2/c1-14-11-15(7-3-6-10-20)13-16(12-14)18-17(21)19-8-4-2-5-9-19/h11-13,20H,2,4-6,8-10H2,1H3,(H,18,21). The Labute approximate surface area is 126 Å². The van der Waals surface area contributed by atoms with E-state index in [9.17, 15) is 4.79 Å². The number of anilines is 1. The van der Waals surface area contributed by atoms with E-state index in [0.29, 0.717) is 6.42 Å². The number of benzene rings is 1. The van der Waals surface area contributed by atoms with Crippen LogP contribution < -0.4 is 5.32 Å². The van der Waals surface area contributed by atoms with Gasteiger partial charge in [0.25, 0.3) is 0 Å². The first-order valence-electron chi connectivity index (χ1n) is 7.46. The summed E-state index contributed by atoms with van der Waals surface area (Å²) in [5.41, 5.74) is 2.69. The van der Waals surface area contributed by atoms with Crippen molar-refractivity contribution in [1.29, 1.82) is 0 Å². The molecule has 1 fully saturated rings. The summed E-state index contributed by atoms with van der Waals surface area (Å²) in [5.74, 6) is 5.90. The maximum Gasteiger partial charge on any atom is 0.321 e. The van der Waals surface area contributed by atoms with Crippen molar-refractivity contribution < 1.29 is 9.90 Å². The van der Waals surface area contributed by atoms with Crippen LogP contribution in [0.25, 0.3) is 0 Å². The molecule has 2 amide bonds. The van der Waals surface area contributed by atoms with Gasteiger partial charge in [-0.15, -0.1) is 0 Å². The molecule has 0 radical (unpaired) electrons. The number of hydrogen-bond donors (Lipinski definition) is 2. The average Bonchev–Trinajstić information content (AvgIpc) is 2.48. The van der Waals surface area contributed by atoms with Gasteiger partial charge in [-0.1, -0.05) is 11.8 Å². The summed E-state index contributed by atoms with van der Waals surface area (Å²) < 4.78 is 0. The van der Waals surface area contributed by atoms with Crippen LogP contribution in [-0.4, -0.2) is 35.7 Å². The van der Waals surface area contributed by atoms with Crippen LogP contribution in [0.4, 0.5) is 10.5 Å². The SMILES string of the molecule is Cc1cc(C#CCCO)cc(NC(=O)N2CCCCC2)c1. The molecule has 21 heavy (non-hydrogen) atoms.